The van der Waals surface area contributed by atoms with E-state index in [0.717, 1.165) is 40.4 Å². The van der Waals surface area contributed by atoms with Gasteiger partial charge in [-0.1, -0.05) is 11.6 Å². The molecular formula is C13H12ClFN2S. The van der Waals surface area contributed by atoms with Gasteiger partial charge in [-0.3, -0.25) is 0 Å². The summed E-state index contributed by atoms with van der Waals surface area (Å²) in [5, 5.41) is 1.20. The first-order chi connectivity index (χ1) is 8.63. The van der Waals surface area contributed by atoms with E-state index < -0.39 is 0 Å². The summed E-state index contributed by atoms with van der Waals surface area (Å²) in [5.41, 5.74) is 7.86. The third kappa shape index (κ3) is 2.16. The molecule has 2 N–H and O–H groups in total. The van der Waals surface area contributed by atoms with E-state index in [0.29, 0.717) is 5.02 Å². The van der Waals surface area contributed by atoms with Gasteiger partial charge in [0.1, 0.15) is 10.8 Å². The summed E-state index contributed by atoms with van der Waals surface area (Å²) in [6.07, 6.45) is 3.03. The predicted molar refractivity (Wildman–Crippen MR) is 72.4 cm³/mol. The van der Waals surface area contributed by atoms with Crippen LogP contribution >= 0.6 is 22.9 Å². The number of benzene rings is 1. The maximum atomic E-state index is 13.3. The number of halogens is 2. The van der Waals surface area contributed by atoms with Crippen molar-refractivity contribution in [3.63, 3.8) is 0 Å². The number of fused-ring (bicyclic) bond motifs is 1. The maximum absolute atomic E-state index is 13.3. The van der Waals surface area contributed by atoms with Crippen LogP contribution in [0.5, 0.6) is 0 Å². The third-order valence-electron chi connectivity index (χ3n) is 3.10. The van der Waals surface area contributed by atoms with Crippen molar-refractivity contribution in [1.82, 2.24) is 4.98 Å². The number of thiazole rings is 1. The molecule has 94 valence electrons. The third-order valence-corrected chi connectivity index (χ3v) is 4.60. The monoisotopic (exact) mass is 282 g/mol. The number of hydrogen-bond acceptors (Lipinski definition) is 3. The number of hydrogen-bond donors (Lipinski definition) is 1. The molecule has 0 saturated carbocycles. The largest absolute Gasteiger partial charge is 0.323 e. The van der Waals surface area contributed by atoms with Crippen molar-refractivity contribution >= 4 is 22.9 Å². The van der Waals surface area contributed by atoms with E-state index in [-0.39, 0.29) is 11.9 Å². The number of nitrogens with two attached hydrogens (primary N) is 1. The molecule has 1 aromatic carbocycles. The molecule has 1 aromatic heterocycles. The van der Waals surface area contributed by atoms with Crippen LogP contribution in [0.25, 0.3) is 10.6 Å². The SMILES string of the molecule is NC1CCCc2nc(-c3cc(F)cc(Cl)c3)sc21. The van der Waals surface area contributed by atoms with Crippen LogP contribution < -0.4 is 5.73 Å². The van der Waals surface area contributed by atoms with E-state index in [4.69, 9.17) is 17.3 Å². The molecule has 0 amide bonds. The molecule has 0 saturated heterocycles. The summed E-state index contributed by atoms with van der Waals surface area (Å²) >= 11 is 7.42. The van der Waals surface area contributed by atoms with Crippen LogP contribution in [0, 0.1) is 5.82 Å². The minimum absolute atomic E-state index is 0.0732. The molecule has 0 aliphatic heterocycles. The van der Waals surface area contributed by atoms with Gasteiger partial charge in [0.2, 0.25) is 0 Å². The van der Waals surface area contributed by atoms with E-state index in [1.54, 1.807) is 17.4 Å². The van der Waals surface area contributed by atoms with Crippen LogP contribution in [-0.2, 0) is 6.42 Å². The number of aromatic nitrogens is 1. The van der Waals surface area contributed by atoms with Gasteiger partial charge in [-0.25, -0.2) is 9.37 Å². The smallest absolute Gasteiger partial charge is 0.125 e. The standard InChI is InChI=1S/C13H12ClFN2S/c14-8-4-7(5-9(15)6-8)13-17-11-3-1-2-10(16)12(11)18-13/h4-6,10H,1-3,16H2. The van der Waals surface area contributed by atoms with Gasteiger partial charge < -0.3 is 5.73 Å². The first-order valence-electron chi connectivity index (χ1n) is 5.85. The van der Waals surface area contributed by atoms with E-state index >= 15 is 0 Å². The van der Waals surface area contributed by atoms with Gasteiger partial charge in [-0.2, -0.15) is 0 Å². The second-order valence-electron chi connectivity index (χ2n) is 4.49. The summed E-state index contributed by atoms with van der Waals surface area (Å²) < 4.78 is 13.3. The molecule has 1 unspecified atom stereocenters. The Hall–Kier alpha value is -0.970. The Balaban J connectivity index is 2.07. The minimum Gasteiger partial charge on any atom is -0.323 e. The van der Waals surface area contributed by atoms with Crippen LogP contribution in [-0.4, -0.2) is 4.98 Å². The normalized spacial score (nSPS) is 18.7. The molecule has 0 fully saturated rings. The maximum Gasteiger partial charge on any atom is 0.125 e. The van der Waals surface area contributed by atoms with Crippen molar-refractivity contribution in [1.29, 1.82) is 0 Å². The zero-order chi connectivity index (χ0) is 12.7. The van der Waals surface area contributed by atoms with Crippen LogP contribution in [0.15, 0.2) is 18.2 Å². The summed E-state index contributed by atoms with van der Waals surface area (Å²) in [7, 11) is 0. The second kappa shape index (κ2) is 4.61. The van der Waals surface area contributed by atoms with E-state index in [1.807, 2.05) is 0 Å². The molecule has 0 radical (unpaired) electrons. The molecule has 5 heteroatoms. The zero-order valence-electron chi connectivity index (χ0n) is 9.62. The zero-order valence-corrected chi connectivity index (χ0v) is 11.2. The summed E-state index contributed by atoms with van der Waals surface area (Å²) in [6.45, 7) is 0. The Labute approximate surface area is 114 Å². The topological polar surface area (TPSA) is 38.9 Å². The first kappa shape index (κ1) is 12.1. The average molecular weight is 283 g/mol. The summed E-state index contributed by atoms with van der Waals surface area (Å²) in [6, 6.07) is 4.57. The van der Waals surface area contributed by atoms with Crippen molar-refractivity contribution in [3.8, 4) is 10.6 Å². The van der Waals surface area contributed by atoms with Crippen molar-refractivity contribution in [3.05, 3.63) is 39.6 Å². The molecule has 2 nitrogen and oxygen atoms in total. The van der Waals surface area contributed by atoms with E-state index in [2.05, 4.69) is 4.98 Å². The van der Waals surface area contributed by atoms with Gasteiger partial charge in [-0.05, 0) is 37.5 Å². The highest BCUT2D eigenvalue weighted by Gasteiger charge is 2.22. The Morgan fingerprint density at radius 1 is 1.39 bits per heavy atom. The lowest BCUT2D eigenvalue weighted by Crippen LogP contribution is -2.15. The Kier molecular flexibility index (Phi) is 3.09. The molecule has 1 heterocycles. The molecular weight excluding hydrogens is 271 g/mol. The Bertz CT molecular complexity index is 576. The van der Waals surface area contributed by atoms with Gasteiger partial charge in [0.05, 0.1) is 5.69 Å². The lowest BCUT2D eigenvalue weighted by molar-refractivity contribution is 0.573. The highest BCUT2D eigenvalue weighted by Crippen LogP contribution is 2.37. The summed E-state index contributed by atoms with van der Waals surface area (Å²) in [5.74, 6) is -0.338. The van der Waals surface area contributed by atoms with Crippen LogP contribution in [0.4, 0.5) is 4.39 Å². The first-order valence-corrected chi connectivity index (χ1v) is 7.04. The molecule has 1 atom stereocenters. The van der Waals surface area contributed by atoms with Gasteiger partial charge >= 0.3 is 0 Å². The van der Waals surface area contributed by atoms with Gasteiger partial charge in [0.15, 0.2) is 0 Å². The van der Waals surface area contributed by atoms with E-state index in [9.17, 15) is 4.39 Å². The lowest BCUT2D eigenvalue weighted by Gasteiger charge is -2.15. The van der Waals surface area contributed by atoms with Crippen molar-refractivity contribution < 1.29 is 4.39 Å². The lowest BCUT2D eigenvalue weighted by atomic mass is 9.99. The van der Waals surface area contributed by atoms with Crippen molar-refractivity contribution in [2.75, 3.05) is 0 Å². The molecule has 0 spiro atoms. The number of aryl methyl sites for hydroxylation is 1. The van der Waals surface area contributed by atoms with Crippen LogP contribution in [0.3, 0.4) is 0 Å². The summed E-state index contributed by atoms with van der Waals surface area (Å²) in [4.78, 5) is 5.70. The molecule has 2 aromatic rings. The Morgan fingerprint density at radius 3 is 2.94 bits per heavy atom. The fraction of sp³-hybridized carbons (Fsp3) is 0.308. The van der Waals surface area contributed by atoms with E-state index in [1.165, 1.54) is 12.1 Å². The quantitative estimate of drug-likeness (QED) is 0.860. The van der Waals surface area contributed by atoms with Gasteiger partial charge in [0.25, 0.3) is 0 Å². The fourth-order valence-corrected chi connectivity index (χ4v) is 3.61. The molecule has 1 aliphatic rings. The van der Waals surface area contributed by atoms with Crippen LogP contribution in [0.2, 0.25) is 5.02 Å². The molecule has 18 heavy (non-hydrogen) atoms. The van der Waals surface area contributed by atoms with Gasteiger partial charge in [-0.15, -0.1) is 11.3 Å². The van der Waals surface area contributed by atoms with Crippen LogP contribution in [0.1, 0.15) is 29.5 Å². The molecule has 3 rings (SSSR count). The fourth-order valence-electron chi connectivity index (χ4n) is 2.25. The number of nitrogens with zero attached hydrogens (tertiary/aromatic N) is 1. The molecule has 0 bridgehead atoms. The average Bonchev–Trinajstić information content (AvgIpc) is 2.73. The second-order valence-corrected chi connectivity index (χ2v) is 5.95. The molecule has 1 aliphatic carbocycles. The minimum atomic E-state index is -0.338. The highest BCUT2D eigenvalue weighted by molar-refractivity contribution is 7.15. The predicted octanol–water partition coefficient (Wildman–Crippen LogP) is 3.94. The Morgan fingerprint density at radius 2 is 2.22 bits per heavy atom. The van der Waals surface area contributed by atoms with Crippen molar-refractivity contribution in [2.24, 2.45) is 5.73 Å². The number of rotatable bonds is 1. The van der Waals surface area contributed by atoms with Gasteiger partial charge in [0, 0.05) is 21.5 Å². The highest BCUT2D eigenvalue weighted by atomic mass is 35.5. The van der Waals surface area contributed by atoms with Crippen molar-refractivity contribution in [2.45, 2.75) is 25.3 Å².